The zero-order valence-corrected chi connectivity index (χ0v) is 9.93. The predicted octanol–water partition coefficient (Wildman–Crippen LogP) is 4.33. The third-order valence-electron chi connectivity index (χ3n) is 3.00. The lowest BCUT2D eigenvalue weighted by Gasteiger charge is -2.27. The molecule has 0 heteroatoms. The molecular weight excluding hydrogens is 168 g/mol. The zero-order valence-electron chi connectivity index (χ0n) is 9.93. The van der Waals surface area contributed by atoms with E-state index in [4.69, 9.17) is 0 Å². The number of hydrogen-bond donors (Lipinski definition) is 0. The van der Waals surface area contributed by atoms with Crippen LogP contribution in [0.25, 0.3) is 0 Å². The van der Waals surface area contributed by atoms with E-state index in [0.717, 1.165) is 6.42 Å². The van der Waals surface area contributed by atoms with Gasteiger partial charge in [-0.2, -0.15) is 0 Å². The molecule has 0 spiro atoms. The molecule has 0 nitrogen and oxygen atoms in total. The second kappa shape index (κ2) is 4.63. The largest absolute Gasteiger partial charge is 0.0654 e. The van der Waals surface area contributed by atoms with E-state index < -0.39 is 0 Å². The van der Waals surface area contributed by atoms with Crippen LogP contribution in [0.4, 0.5) is 0 Å². The van der Waals surface area contributed by atoms with Crippen molar-refractivity contribution in [1.29, 1.82) is 0 Å². The number of rotatable bonds is 4. The second-order valence-corrected chi connectivity index (χ2v) is 4.64. The first kappa shape index (κ1) is 11.3. The topological polar surface area (TPSA) is 0 Å². The average molecular weight is 190 g/mol. The van der Waals surface area contributed by atoms with E-state index in [1.54, 1.807) is 0 Å². The van der Waals surface area contributed by atoms with Gasteiger partial charge < -0.3 is 0 Å². The Morgan fingerprint density at radius 1 is 1.07 bits per heavy atom. The van der Waals surface area contributed by atoms with Crippen molar-refractivity contribution in [1.82, 2.24) is 0 Å². The van der Waals surface area contributed by atoms with Crippen molar-refractivity contribution in [3.8, 4) is 0 Å². The Morgan fingerprint density at radius 3 is 2.29 bits per heavy atom. The lowest BCUT2D eigenvalue weighted by Crippen LogP contribution is -2.18. The fourth-order valence-corrected chi connectivity index (χ4v) is 2.25. The number of benzene rings is 1. The summed E-state index contributed by atoms with van der Waals surface area (Å²) >= 11 is 0. The summed E-state index contributed by atoms with van der Waals surface area (Å²) in [5.74, 6) is 0. The van der Waals surface area contributed by atoms with Gasteiger partial charge in [0.15, 0.2) is 0 Å². The van der Waals surface area contributed by atoms with Gasteiger partial charge in [-0.05, 0) is 29.4 Å². The molecule has 0 saturated heterocycles. The van der Waals surface area contributed by atoms with Crippen molar-refractivity contribution in [2.24, 2.45) is 0 Å². The molecule has 0 unspecified atom stereocenters. The minimum Gasteiger partial charge on any atom is -0.0654 e. The van der Waals surface area contributed by atoms with Gasteiger partial charge in [-0.25, -0.2) is 0 Å². The Morgan fingerprint density at radius 2 is 1.71 bits per heavy atom. The Kier molecular flexibility index (Phi) is 3.74. The highest BCUT2D eigenvalue weighted by atomic mass is 14.3. The molecule has 0 bridgehead atoms. The summed E-state index contributed by atoms with van der Waals surface area (Å²) in [5.41, 5.74) is 3.37. The third-order valence-corrected chi connectivity index (χ3v) is 3.00. The van der Waals surface area contributed by atoms with Crippen LogP contribution in [0.5, 0.6) is 0 Å². The summed E-state index contributed by atoms with van der Waals surface area (Å²) in [6, 6.07) is 8.84. The minimum absolute atomic E-state index is 0.335. The van der Waals surface area contributed by atoms with Gasteiger partial charge in [-0.15, -0.1) is 0 Å². The Balaban J connectivity index is 3.04. The van der Waals surface area contributed by atoms with E-state index >= 15 is 0 Å². The molecule has 0 amide bonds. The monoisotopic (exact) mass is 190 g/mol. The van der Waals surface area contributed by atoms with Gasteiger partial charge in [-0.3, -0.25) is 0 Å². The number of aryl methyl sites for hydroxylation is 1. The van der Waals surface area contributed by atoms with Crippen LogP contribution in [-0.2, 0) is 11.8 Å². The van der Waals surface area contributed by atoms with Crippen LogP contribution >= 0.6 is 0 Å². The van der Waals surface area contributed by atoms with Gasteiger partial charge in [0.1, 0.15) is 0 Å². The van der Waals surface area contributed by atoms with Gasteiger partial charge in [0.05, 0.1) is 0 Å². The minimum atomic E-state index is 0.335. The van der Waals surface area contributed by atoms with Gasteiger partial charge >= 0.3 is 0 Å². The molecule has 1 rings (SSSR count). The molecule has 0 fully saturated rings. The van der Waals surface area contributed by atoms with E-state index in [1.807, 2.05) is 0 Å². The summed E-state index contributed by atoms with van der Waals surface area (Å²) in [6.45, 7) is 9.20. The van der Waals surface area contributed by atoms with Crippen LogP contribution in [0.1, 0.15) is 51.7 Å². The van der Waals surface area contributed by atoms with Gasteiger partial charge in [0.25, 0.3) is 0 Å². The maximum Gasteiger partial charge on any atom is -0.0101 e. The maximum atomic E-state index is 2.35. The van der Waals surface area contributed by atoms with Crippen LogP contribution in [-0.4, -0.2) is 0 Å². The number of hydrogen-bond acceptors (Lipinski definition) is 0. The van der Waals surface area contributed by atoms with Gasteiger partial charge in [0.2, 0.25) is 0 Å². The summed E-state index contributed by atoms with van der Waals surface area (Å²) in [7, 11) is 0. The molecule has 78 valence electrons. The molecule has 0 aliphatic heterocycles. The van der Waals surface area contributed by atoms with E-state index in [2.05, 4.69) is 52.0 Å². The first-order chi connectivity index (χ1) is 6.61. The fraction of sp³-hybridized carbons (Fsp3) is 0.571. The van der Waals surface area contributed by atoms with E-state index in [9.17, 15) is 0 Å². The molecule has 0 aromatic heterocycles. The lowest BCUT2D eigenvalue weighted by atomic mass is 9.78. The standard InChI is InChI=1S/C14H22/c1-5-11-14(3,4)13-10-8-7-9-12(13)6-2/h7-10H,5-6,11H2,1-4H3. The summed E-state index contributed by atoms with van der Waals surface area (Å²) < 4.78 is 0. The quantitative estimate of drug-likeness (QED) is 0.663. The average Bonchev–Trinajstić information content (AvgIpc) is 2.18. The Labute approximate surface area is 88.4 Å². The highest BCUT2D eigenvalue weighted by Gasteiger charge is 2.21. The van der Waals surface area contributed by atoms with E-state index in [1.165, 1.54) is 24.0 Å². The Bertz CT molecular complexity index is 284. The summed E-state index contributed by atoms with van der Waals surface area (Å²) in [6.07, 6.45) is 3.67. The van der Waals surface area contributed by atoms with Crippen molar-refractivity contribution in [3.05, 3.63) is 35.4 Å². The Hall–Kier alpha value is -0.780. The first-order valence-electron chi connectivity index (χ1n) is 5.70. The zero-order chi connectivity index (χ0) is 10.6. The van der Waals surface area contributed by atoms with E-state index in [0.29, 0.717) is 5.41 Å². The molecule has 1 aromatic rings. The molecule has 0 aliphatic carbocycles. The van der Waals surface area contributed by atoms with Gasteiger partial charge in [0, 0.05) is 0 Å². The smallest absolute Gasteiger partial charge is 0.0101 e. The SMILES string of the molecule is CCCC(C)(C)c1ccccc1CC. The van der Waals surface area contributed by atoms with Crippen molar-refractivity contribution in [2.45, 2.75) is 52.4 Å². The van der Waals surface area contributed by atoms with Crippen molar-refractivity contribution in [3.63, 3.8) is 0 Å². The normalized spacial score (nSPS) is 11.7. The summed E-state index contributed by atoms with van der Waals surface area (Å²) in [4.78, 5) is 0. The van der Waals surface area contributed by atoms with E-state index in [-0.39, 0.29) is 0 Å². The second-order valence-electron chi connectivity index (χ2n) is 4.64. The highest BCUT2D eigenvalue weighted by Crippen LogP contribution is 2.30. The lowest BCUT2D eigenvalue weighted by molar-refractivity contribution is 0.469. The third kappa shape index (κ3) is 2.37. The molecular formula is C14H22. The van der Waals surface area contributed by atoms with Crippen LogP contribution in [0.3, 0.4) is 0 Å². The fourth-order valence-electron chi connectivity index (χ4n) is 2.25. The van der Waals surface area contributed by atoms with Crippen LogP contribution < -0.4 is 0 Å². The van der Waals surface area contributed by atoms with Gasteiger partial charge in [-0.1, -0.05) is 58.4 Å². The molecule has 0 atom stereocenters. The molecule has 0 radical (unpaired) electrons. The van der Waals surface area contributed by atoms with Crippen molar-refractivity contribution >= 4 is 0 Å². The molecule has 0 saturated carbocycles. The maximum absolute atomic E-state index is 2.35. The molecule has 14 heavy (non-hydrogen) atoms. The molecule has 0 N–H and O–H groups in total. The van der Waals surface area contributed by atoms with Crippen LogP contribution in [0.2, 0.25) is 0 Å². The van der Waals surface area contributed by atoms with Crippen LogP contribution in [0, 0.1) is 0 Å². The van der Waals surface area contributed by atoms with Crippen molar-refractivity contribution in [2.75, 3.05) is 0 Å². The van der Waals surface area contributed by atoms with Crippen molar-refractivity contribution < 1.29 is 0 Å². The summed E-state index contributed by atoms with van der Waals surface area (Å²) in [5, 5.41) is 0. The predicted molar refractivity (Wildman–Crippen MR) is 63.8 cm³/mol. The molecule has 1 aromatic carbocycles. The highest BCUT2D eigenvalue weighted by molar-refractivity contribution is 5.33. The molecule has 0 heterocycles. The van der Waals surface area contributed by atoms with Crippen LogP contribution in [0.15, 0.2) is 24.3 Å². The first-order valence-corrected chi connectivity index (χ1v) is 5.70. The molecule has 0 aliphatic rings.